The zero-order valence-corrected chi connectivity index (χ0v) is 9.53. The molecular weight excluding hydrogens is 388 g/mol. The Hall–Kier alpha value is 2.62. The molecule has 0 amide bonds. The molecule has 0 aliphatic rings. The molecule has 0 fully saturated rings. The Morgan fingerprint density at radius 1 is 0.800 bits per heavy atom. The van der Waals surface area contributed by atoms with E-state index in [1.807, 2.05) is 0 Å². The zero-order chi connectivity index (χ0) is 0. The van der Waals surface area contributed by atoms with Crippen LogP contribution in [0.5, 0.6) is 0 Å². The van der Waals surface area contributed by atoms with Crippen molar-refractivity contribution in [1.82, 2.24) is 0 Å². The Balaban J connectivity index is 0. The van der Waals surface area contributed by atoms with E-state index in [1.54, 1.807) is 0 Å². The number of rotatable bonds is 0. The molecule has 1 unspecified atom stereocenters. The van der Waals surface area contributed by atoms with Crippen molar-refractivity contribution in [3.05, 3.63) is 0 Å². The fraction of sp³-hybridized carbons (Fsp3) is 0. The van der Waals surface area contributed by atoms with E-state index in [2.05, 4.69) is 0 Å². The molecule has 0 nitrogen and oxygen atoms in total. The van der Waals surface area contributed by atoms with Crippen LogP contribution in [0.3, 0.4) is 0 Å². The van der Waals surface area contributed by atoms with Crippen LogP contribution in [0.4, 0.5) is 0 Å². The van der Waals surface area contributed by atoms with Gasteiger partial charge in [-0.05, 0) is 0 Å². The molecule has 0 rings (SSSR count). The van der Waals surface area contributed by atoms with Gasteiger partial charge in [-0.15, -0.1) is 0 Å². The average molecular weight is 391 g/mol. The number of hydrogen-bond acceptors (Lipinski definition) is 0. The van der Waals surface area contributed by atoms with Gasteiger partial charge in [-0.25, -0.2) is 0 Å². The number of hydrogen-bond donors (Lipinski definition) is 0. The van der Waals surface area contributed by atoms with E-state index < -0.39 is 0 Å². The van der Waals surface area contributed by atoms with E-state index in [4.69, 9.17) is 0 Å². The standard InChI is InChI=1S/Fe.2Ni.H3P.W/h;;;1H3;. The molecule has 0 saturated heterocycles. The Labute approximate surface area is 80.2 Å². The second kappa shape index (κ2) is 30.4. The molecule has 0 bridgehead atoms. The molecule has 5 heavy (non-hydrogen) atoms. The van der Waals surface area contributed by atoms with Crippen molar-refractivity contribution in [3.8, 4) is 0 Å². The Bertz CT molecular complexity index is 9.61. The summed E-state index contributed by atoms with van der Waals surface area (Å²) in [6, 6.07) is 0. The third-order valence-electron chi connectivity index (χ3n) is 0. The third kappa shape index (κ3) is 20.6. The van der Waals surface area contributed by atoms with Gasteiger partial charge < -0.3 is 0 Å². The topological polar surface area (TPSA) is 0 Å². The average Bonchev–Trinajstić information content (AvgIpc) is 0. The van der Waals surface area contributed by atoms with Crippen LogP contribution in [-0.2, 0) is 71.1 Å². The van der Waals surface area contributed by atoms with Crippen LogP contribution < -0.4 is 0 Å². The van der Waals surface area contributed by atoms with Crippen LogP contribution in [-0.4, -0.2) is 0 Å². The maximum atomic E-state index is 0. The van der Waals surface area contributed by atoms with Gasteiger partial charge in [0.25, 0.3) is 0 Å². The minimum Gasteiger partial charge on any atom is -0.153 e. The summed E-state index contributed by atoms with van der Waals surface area (Å²) in [5, 5.41) is 0. The summed E-state index contributed by atoms with van der Waals surface area (Å²) in [5.41, 5.74) is 0. The first-order valence-corrected chi connectivity index (χ1v) is 0. The molecule has 1 atom stereocenters. The van der Waals surface area contributed by atoms with Crippen LogP contribution in [0.15, 0.2) is 0 Å². The molecule has 0 spiro atoms. The first kappa shape index (κ1) is 48.6. The van der Waals surface area contributed by atoms with Crippen molar-refractivity contribution in [2.24, 2.45) is 0 Å². The van der Waals surface area contributed by atoms with Crippen molar-refractivity contribution in [2.45, 2.75) is 0 Å². The second-order valence-electron chi connectivity index (χ2n) is 0. The molecular formula is H3FeNi2PW. The molecule has 0 aromatic carbocycles. The van der Waals surface area contributed by atoms with Gasteiger partial charge in [0.1, 0.15) is 0 Å². The monoisotopic (exact) mass is 390 g/mol. The molecule has 0 aromatic rings. The van der Waals surface area contributed by atoms with E-state index in [1.165, 1.54) is 0 Å². The van der Waals surface area contributed by atoms with Crippen molar-refractivity contribution >= 4 is 9.90 Å². The molecule has 0 aliphatic heterocycles. The Kier molecular flexibility index (Phi) is 296. The fourth-order valence-electron chi connectivity index (χ4n) is 0. The van der Waals surface area contributed by atoms with Gasteiger partial charge in [0, 0.05) is 71.1 Å². The molecule has 5 heteroatoms. The van der Waals surface area contributed by atoms with Gasteiger partial charge in [-0.1, -0.05) is 0 Å². The normalized spacial score (nSPS) is 0. The van der Waals surface area contributed by atoms with Gasteiger partial charge in [0.15, 0.2) is 0 Å². The van der Waals surface area contributed by atoms with Gasteiger partial charge in [-0.2, -0.15) is 9.90 Å². The minimum atomic E-state index is 0. The summed E-state index contributed by atoms with van der Waals surface area (Å²) in [6.45, 7) is 0. The molecule has 42 valence electrons. The van der Waals surface area contributed by atoms with Crippen LogP contribution in [0.1, 0.15) is 0 Å². The SMILES string of the molecule is P.[Fe].[Ni].[Ni].[W]. The first-order chi connectivity index (χ1) is 0. The molecule has 0 aliphatic carbocycles. The summed E-state index contributed by atoms with van der Waals surface area (Å²) < 4.78 is 0. The van der Waals surface area contributed by atoms with E-state index in [9.17, 15) is 0 Å². The molecule has 0 radical (unpaired) electrons. The fourth-order valence-corrected chi connectivity index (χ4v) is 0. The van der Waals surface area contributed by atoms with Crippen LogP contribution >= 0.6 is 9.90 Å². The molecule has 0 heterocycles. The largest absolute Gasteiger partial charge is 0.153 e. The van der Waals surface area contributed by atoms with Crippen LogP contribution in [0, 0.1) is 0 Å². The predicted molar refractivity (Wildman–Crippen MR) is 11.1 cm³/mol. The maximum Gasteiger partial charge on any atom is 0 e. The molecule has 0 aromatic heterocycles. The second-order valence-corrected chi connectivity index (χ2v) is 0. The van der Waals surface area contributed by atoms with Crippen molar-refractivity contribution in [3.63, 3.8) is 0 Å². The Morgan fingerprint density at radius 3 is 0.800 bits per heavy atom. The smallest absolute Gasteiger partial charge is 0 e. The maximum absolute atomic E-state index is 0. The predicted octanol–water partition coefficient (Wildman–Crippen LogP) is 0.0481. The summed E-state index contributed by atoms with van der Waals surface area (Å²) in [6.07, 6.45) is 0. The van der Waals surface area contributed by atoms with E-state index >= 15 is 0 Å². The quantitative estimate of drug-likeness (QED) is 0.405. The first-order valence-electron chi connectivity index (χ1n) is 0. The van der Waals surface area contributed by atoms with Crippen LogP contribution in [0.2, 0.25) is 0 Å². The zero-order valence-electron chi connectivity index (χ0n) is 2.10. The summed E-state index contributed by atoms with van der Waals surface area (Å²) >= 11 is 0. The minimum absolute atomic E-state index is 0. The molecule has 0 N–H and O–H groups in total. The van der Waals surface area contributed by atoms with Gasteiger partial charge >= 0.3 is 0 Å². The summed E-state index contributed by atoms with van der Waals surface area (Å²) in [4.78, 5) is 0. The Morgan fingerprint density at radius 2 is 0.800 bits per heavy atom. The van der Waals surface area contributed by atoms with E-state index in [0.29, 0.717) is 0 Å². The van der Waals surface area contributed by atoms with E-state index in [-0.39, 0.29) is 81.0 Å². The van der Waals surface area contributed by atoms with Crippen molar-refractivity contribution in [1.29, 1.82) is 0 Å². The van der Waals surface area contributed by atoms with Gasteiger partial charge in [0.05, 0.1) is 0 Å². The van der Waals surface area contributed by atoms with E-state index in [0.717, 1.165) is 0 Å². The van der Waals surface area contributed by atoms with Crippen LogP contribution in [0.25, 0.3) is 0 Å². The van der Waals surface area contributed by atoms with Crippen molar-refractivity contribution < 1.29 is 71.1 Å². The van der Waals surface area contributed by atoms with Gasteiger partial charge in [-0.3, -0.25) is 0 Å². The van der Waals surface area contributed by atoms with Gasteiger partial charge in [0.2, 0.25) is 0 Å². The molecule has 0 saturated carbocycles. The summed E-state index contributed by atoms with van der Waals surface area (Å²) in [5.74, 6) is 0. The van der Waals surface area contributed by atoms with Crippen molar-refractivity contribution in [2.75, 3.05) is 0 Å². The summed E-state index contributed by atoms with van der Waals surface area (Å²) in [7, 11) is 0. The third-order valence-corrected chi connectivity index (χ3v) is 0.